The minimum absolute atomic E-state index is 0.435. The van der Waals surface area contributed by atoms with Gasteiger partial charge in [-0.25, -0.2) is 0 Å². The summed E-state index contributed by atoms with van der Waals surface area (Å²) < 4.78 is 5.41. The summed E-state index contributed by atoms with van der Waals surface area (Å²) in [6.45, 7) is 2.33. The molecule has 0 atom stereocenters. The molecule has 1 aliphatic heterocycles. The van der Waals surface area contributed by atoms with E-state index >= 15 is 0 Å². The normalized spacial score (nSPS) is 20.8. The van der Waals surface area contributed by atoms with Crippen LogP contribution in [0.1, 0.15) is 37.4 Å². The molecular weight excluding hydrogens is 286 g/mol. The zero-order chi connectivity index (χ0) is 14.2. The first-order chi connectivity index (χ1) is 10.3. The van der Waals surface area contributed by atoms with Gasteiger partial charge in [0.2, 0.25) is 0 Å². The predicted molar refractivity (Wildman–Crippen MR) is 81.3 cm³/mol. The minimum atomic E-state index is 0.435. The average Bonchev–Trinajstić information content (AvgIpc) is 3.26. The van der Waals surface area contributed by atoms with Gasteiger partial charge in [-0.05, 0) is 63.0 Å². The minimum Gasteiger partial charge on any atom is -0.334 e. The summed E-state index contributed by atoms with van der Waals surface area (Å²) in [4.78, 5) is 7.19. The monoisotopic (exact) mass is 303 g/mol. The molecule has 2 fully saturated rings. The smallest absolute Gasteiger partial charge is 0.257 e. The molecule has 1 aromatic heterocycles. The van der Waals surface area contributed by atoms with Crippen molar-refractivity contribution in [2.24, 2.45) is 0 Å². The lowest BCUT2D eigenvalue weighted by molar-refractivity contribution is 0.199. The third kappa shape index (κ3) is 2.83. The SMILES string of the molecule is Clc1ccc(-c2nc(C3CCN(C4CC4)CC3)no2)cc1. The molecule has 2 aromatic rings. The van der Waals surface area contributed by atoms with Crippen molar-refractivity contribution >= 4 is 11.6 Å². The topological polar surface area (TPSA) is 42.2 Å². The fourth-order valence-corrected chi connectivity index (χ4v) is 3.20. The predicted octanol–water partition coefficient (Wildman–Crippen LogP) is 3.73. The summed E-state index contributed by atoms with van der Waals surface area (Å²) >= 11 is 5.90. The van der Waals surface area contributed by atoms with E-state index in [4.69, 9.17) is 16.1 Å². The quantitative estimate of drug-likeness (QED) is 0.866. The van der Waals surface area contributed by atoms with Gasteiger partial charge in [-0.2, -0.15) is 4.98 Å². The number of aromatic nitrogens is 2. The first-order valence-electron chi connectivity index (χ1n) is 7.63. The van der Waals surface area contributed by atoms with E-state index in [9.17, 15) is 0 Å². The number of piperidine rings is 1. The number of hydrogen-bond donors (Lipinski definition) is 0. The molecule has 0 radical (unpaired) electrons. The van der Waals surface area contributed by atoms with E-state index in [1.807, 2.05) is 24.3 Å². The molecule has 0 N–H and O–H groups in total. The lowest BCUT2D eigenvalue weighted by atomic mass is 9.96. The van der Waals surface area contributed by atoms with E-state index < -0.39 is 0 Å². The summed E-state index contributed by atoms with van der Waals surface area (Å²) in [6.07, 6.45) is 5.04. The van der Waals surface area contributed by atoms with Gasteiger partial charge >= 0.3 is 0 Å². The van der Waals surface area contributed by atoms with Crippen molar-refractivity contribution < 1.29 is 4.52 Å². The second-order valence-corrected chi connectivity index (χ2v) is 6.44. The molecular formula is C16H18ClN3O. The molecule has 0 spiro atoms. The van der Waals surface area contributed by atoms with Gasteiger partial charge in [0, 0.05) is 22.5 Å². The number of likely N-dealkylation sites (tertiary alicyclic amines) is 1. The van der Waals surface area contributed by atoms with Gasteiger partial charge in [0.15, 0.2) is 5.82 Å². The zero-order valence-corrected chi connectivity index (χ0v) is 12.6. The Morgan fingerprint density at radius 3 is 2.43 bits per heavy atom. The van der Waals surface area contributed by atoms with Gasteiger partial charge in [-0.1, -0.05) is 16.8 Å². The molecule has 1 aliphatic carbocycles. The molecule has 0 unspecified atom stereocenters. The Kier molecular flexibility index (Phi) is 3.43. The van der Waals surface area contributed by atoms with Crippen LogP contribution in [0.15, 0.2) is 28.8 Å². The lowest BCUT2D eigenvalue weighted by Crippen LogP contribution is -2.34. The van der Waals surface area contributed by atoms with Crippen LogP contribution in [0.3, 0.4) is 0 Å². The van der Waals surface area contributed by atoms with Crippen molar-refractivity contribution in [3.63, 3.8) is 0 Å². The van der Waals surface area contributed by atoms with E-state index in [0.29, 0.717) is 16.8 Å². The number of benzene rings is 1. The number of rotatable bonds is 3. The molecule has 2 heterocycles. The van der Waals surface area contributed by atoms with Gasteiger partial charge < -0.3 is 9.42 Å². The summed E-state index contributed by atoms with van der Waals surface area (Å²) in [5, 5.41) is 4.90. The van der Waals surface area contributed by atoms with E-state index in [1.165, 1.54) is 25.9 Å². The van der Waals surface area contributed by atoms with Gasteiger partial charge in [-0.15, -0.1) is 0 Å². The number of hydrogen-bond acceptors (Lipinski definition) is 4. The van der Waals surface area contributed by atoms with E-state index in [0.717, 1.165) is 30.3 Å². The van der Waals surface area contributed by atoms with Crippen LogP contribution in [0.4, 0.5) is 0 Å². The van der Waals surface area contributed by atoms with Gasteiger partial charge in [0.1, 0.15) is 0 Å². The molecule has 5 heteroatoms. The maximum atomic E-state index is 5.90. The maximum Gasteiger partial charge on any atom is 0.257 e. The Morgan fingerprint density at radius 1 is 1.05 bits per heavy atom. The first kappa shape index (κ1) is 13.3. The fourth-order valence-electron chi connectivity index (χ4n) is 3.07. The lowest BCUT2D eigenvalue weighted by Gasteiger charge is -2.30. The van der Waals surface area contributed by atoms with Crippen molar-refractivity contribution in [1.82, 2.24) is 15.0 Å². The van der Waals surface area contributed by atoms with Crippen LogP contribution >= 0.6 is 11.6 Å². The fraction of sp³-hybridized carbons (Fsp3) is 0.500. The third-order valence-corrected chi connectivity index (χ3v) is 4.74. The van der Waals surface area contributed by atoms with Gasteiger partial charge in [-0.3, -0.25) is 0 Å². The van der Waals surface area contributed by atoms with Gasteiger partial charge in [0.25, 0.3) is 5.89 Å². The Bertz CT molecular complexity index is 613. The number of halogens is 1. The molecule has 1 aromatic carbocycles. The van der Waals surface area contributed by atoms with Crippen molar-refractivity contribution in [1.29, 1.82) is 0 Å². The van der Waals surface area contributed by atoms with Crippen molar-refractivity contribution in [3.8, 4) is 11.5 Å². The van der Waals surface area contributed by atoms with Gasteiger partial charge in [0.05, 0.1) is 0 Å². The highest BCUT2D eigenvalue weighted by atomic mass is 35.5. The van der Waals surface area contributed by atoms with Crippen LogP contribution in [0.2, 0.25) is 5.02 Å². The van der Waals surface area contributed by atoms with Crippen molar-refractivity contribution in [2.45, 2.75) is 37.6 Å². The third-order valence-electron chi connectivity index (χ3n) is 4.49. The molecule has 4 nitrogen and oxygen atoms in total. The first-order valence-corrected chi connectivity index (χ1v) is 8.01. The molecule has 21 heavy (non-hydrogen) atoms. The van der Waals surface area contributed by atoms with E-state index in [2.05, 4.69) is 15.0 Å². The van der Waals surface area contributed by atoms with Crippen LogP contribution in [0.5, 0.6) is 0 Å². The molecule has 0 amide bonds. The molecule has 2 aliphatic rings. The highest BCUT2D eigenvalue weighted by Gasteiger charge is 2.33. The highest BCUT2D eigenvalue weighted by Crippen LogP contribution is 2.34. The van der Waals surface area contributed by atoms with Crippen LogP contribution in [0.25, 0.3) is 11.5 Å². The van der Waals surface area contributed by atoms with Crippen molar-refractivity contribution in [2.75, 3.05) is 13.1 Å². The second-order valence-electron chi connectivity index (χ2n) is 6.01. The average molecular weight is 304 g/mol. The Morgan fingerprint density at radius 2 is 1.76 bits per heavy atom. The van der Waals surface area contributed by atoms with Crippen LogP contribution in [-0.2, 0) is 0 Å². The Labute approximate surface area is 129 Å². The Hall–Kier alpha value is -1.39. The van der Waals surface area contributed by atoms with Crippen molar-refractivity contribution in [3.05, 3.63) is 35.1 Å². The summed E-state index contributed by atoms with van der Waals surface area (Å²) in [5.74, 6) is 1.88. The second kappa shape index (κ2) is 5.43. The van der Waals surface area contributed by atoms with Crippen LogP contribution in [0, 0.1) is 0 Å². The molecule has 0 bridgehead atoms. The molecule has 1 saturated carbocycles. The zero-order valence-electron chi connectivity index (χ0n) is 11.8. The maximum absolute atomic E-state index is 5.90. The van der Waals surface area contributed by atoms with Crippen LogP contribution < -0.4 is 0 Å². The van der Waals surface area contributed by atoms with E-state index in [-0.39, 0.29) is 0 Å². The Balaban J connectivity index is 1.45. The summed E-state index contributed by atoms with van der Waals surface area (Å²) in [7, 11) is 0. The highest BCUT2D eigenvalue weighted by molar-refractivity contribution is 6.30. The largest absolute Gasteiger partial charge is 0.334 e. The summed E-state index contributed by atoms with van der Waals surface area (Å²) in [5.41, 5.74) is 0.925. The molecule has 1 saturated heterocycles. The molecule has 110 valence electrons. The van der Waals surface area contributed by atoms with Crippen LogP contribution in [-0.4, -0.2) is 34.2 Å². The van der Waals surface area contributed by atoms with E-state index in [1.54, 1.807) is 0 Å². The standard InChI is InChI=1S/C16H18ClN3O/c17-13-3-1-12(2-4-13)16-18-15(19-21-16)11-7-9-20(10-8-11)14-5-6-14/h1-4,11,14H,5-10H2. The molecule has 4 rings (SSSR count). The number of nitrogens with zero attached hydrogens (tertiary/aromatic N) is 3. The summed E-state index contributed by atoms with van der Waals surface area (Å²) in [6, 6.07) is 8.37.